The first-order valence-electron chi connectivity index (χ1n) is 9.56. The standard InChI is InChI=1S/C20H25F2N2O6P/c1-4-28-31(26,29-5-2)13-7-6-12-24-19(25)11-9-16(23-24)15-8-10-17(27-3)18(14-15)30-20(21)22/h6-11,14,20H,4-5,12-13H2,1-3H3/b7-6+. The average molecular weight is 458 g/mol. The van der Waals surface area contributed by atoms with Crippen LogP contribution in [0, 0.1) is 0 Å². The van der Waals surface area contributed by atoms with Gasteiger partial charge in [-0.05, 0) is 38.1 Å². The molecule has 1 aromatic heterocycles. The van der Waals surface area contributed by atoms with Gasteiger partial charge in [-0.2, -0.15) is 13.9 Å². The predicted molar refractivity (Wildman–Crippen MR) is 112 cm³/mol. The molecule has 0 fully saturated rings. The first kappa shape index (κ1) is 24.7. The number of alkyl halides is 2. The van der Waals surface area contributed by atoms with E-state index in [-0.39, 0.29) is 43.0 Å². The van der Waals surface area contributed by atoms with E-state index in [0.717, 1.165) is 0 Å². The van der Waals surface area contributed by atoms with Crippen LogP contribution >= 0.6 is 7.60 Å². The van der Waals surface area contributed by atoms with Crippen LogP contribution in [0.15, 0.2) is 47.3 Å². The number of methoxy groups -OCH3 is 1. The Labute approximate surface area is 178 Å². The molecular weight excluding hydrogens is 433 g/mol. The molecular formula is C20H25F2N2O6P. The van der Waals surface area contributed by atoms with E-state index in [0.29, 0.717) is 11.3 Å². The molecule has 0 aliphatic rings. The number of ether oxygens (including phenoxy) is 2. The van der Waals surface area contributed by atoms with E-state index < -0.39 is 14.2 Å². The van der Waals surface area contributed by atoms with Crippen molar-refractivity contribution in [3.8, 4) is 22.8 Å². The van der Waals surface area contributed by atoms with E-state index in [9.17, 15) is 18.1 Å². The predicted octanol–water partition coefficient (Wildman–Crippen LogP) is 4.34. The zero-order valence-corrected chi connectivity index (χ0v) is 18.4. The highest BCUT2D eigenvalue weighted by atomic mass is 31.2. The van der Waals surface area contributed by atoms with Gasteiger partial charge in [-0.3, -0.25) is 9.36 Å². The molecule has 1 aromatic carbocycles. The van der Waals surface area contributed by atoms with E-state index in [1.807, 2.05) is 0 Å². The molecule has 0 radical (unpaired) electrons. The van der Waals surface area contributed by atoms with Gasteiger partial charge in [0.25, 0.3) is 5.56 Å². The number of halogens is 2. The summed E-state index contributed by atoms with van der Waals surface area (Å²) < 4.78 is 58.9. The van der Waals surface area contributed by atoms with Gasteiger partial charge < -0.3 is 18.5 Å². The Morgan fingerprint density at radius 2 is 1.81 bits per heavy atom. The molecule has 0 atom stereocenters. The van der Waals surface area contributed by atoms with Crippen molar-refractivity contribution in [3.63, 3.8) is 0 Å². The second kappa shape index (κ2) is 11.7. The largest absolute Gasteiger partial charge is 0.493 e. The van der Waals surface area contributed by atoms with Crippen LogP contribution in [-0.2, 0) is 20.2 Å². The number of allylic oxidation sites excluding steroid dienone is 2. The fourth-order valence-electron chi connectivity index (χ4n) is 2.67. The molecule has 11 heteroatoms. The molecule has 0 bridgehead atoms. The molecule has 8 nitrogen and oxygen atoms in total. The van der Waals surface area contributed by atoms with Gasteiger partial charge in [-0.25, -0.2) is 4.68 Å². The molecule has 0 aliphatic heterocycles. The number of hydrogen-bond acceptors (Lipinski definition) is 7. The van der Waals surface area contributed by atoms with Crippen molar-refractivity contribution < 1.29 is 31.9 Å². The van der Waals surface area contributed by atoms with Gasteiger partial charge in [0.15, 0.2) is 11.5 Å². The maximum atomic E-state index is 12.7. The Morgan fingerprint density at radius 1 is 1.10 bits per heavy atom. The highest BCUT2D eigenvalue weighted by molar-refractivity contribution is 7.54. The van der Waals surface area contributed by atoms with Crippen molar-refractivity contribution >= 4 is 7.60 Å². The minimum atomic E-state index is -3.22. The minimum Gasteiger partial charge on any atom is -0.493 e. The topological polar surface area (TPSA) is 88.9 Å². The van der Waals surface area contributed by atoms with Gasteiger partial charge >= 0.3 is 14.2 Å². The quantitative estimate of drug-likeness (QED) is 0.345. The van der Waals surface area contributed by atoms with Crippen molar-refractivity contribution in [2.45, 2.75) is 27.0 Å². The van der Waals surface area contributed by atoms with Crippen LogP contribution in [0.1, 0.15) is 13.8 Å². The fourth-order valence-corrected chi connectivity index (χ4v) is 4.15. The molecule has 0 N–H and O–H groups in total. The van der Waals surface area contributed by atoms with Crippen molar-refractivity contribution in [2.75, 3.05) is 26.5 Å². The van der Waals surface area contributed by atoms with Gasteiger partial charge in [-0.1, -0.05) is 12.2 Å². The summed E-state index contributed by atoms with van der Waals surface area (Å²) in [5.74, 6) is 0.00498. The summed E-state index contributed by atoms with van der Waals surface area (Å²) in [6, 6.07) is 7.25. The molecule has 2 rings (SSSR count). The molecule has 0 spiro atoms. The smallest absolute Gasteiger partial charge is 0.387 e. The second-order valence-electron chi connectivity index (χ2n) is 6.08. The van der Waals surface area contributed by atoms with Crippen LogP contribution in [-0.4, -0.2) is 42.9 Å². The summed E-state index contributed by atoms with van der Waals surface area (Å²) in [6.45, 7) is 1.06. The summed E-state index contributed by atoms with van der Waals surface area (Å²) in [7, 11) is -1.88. The molecule has 170 valence electrons. The lowest BCUT2D eigenvalue weighted by atomic mass is 10.1. The summed E-state index contributed by atoms with van der Waals surface area (Å²) in [6.07, 6.45) is 3.30. The summed E-state index contributed by atoms with van der Waals surface area (Å²) in [5.41, 5.74) is 0.485. The first-order chi connectivity index (χ1) is 14.8. The molecule has 0 saturated carbocycles. The maximum Gasteiger partial charge on any atom is 0.387 e. The lowest BCUT2D eigenvalue weighted by Gasteiger charge is -2.14. The Kier molecular flexibility index (Phi) is 9.36. The van der Waals surface area contributed by atoms with E-state index in [4.69, 9.17) is 13.8 Å². The number of nitrogens with zero attached hydrogens (tertiary/aromatic N) is 2. The molecule has 0 aliphatic carbocycles. The van der Waals surface area contributed by atoms with Crippen molar-refractivity contribution in [2.24, 2.45) is 0 Å². The van der Waals surface area contributed by atoms with E-state index in [1.54, 1.807) is 32.1 Å². The molecule has 2 aromatic rings. The normalized spacial score (nSPS) is 11.9. The summed E-state index contributed by atoms with van der Waals surface area (Å²) in [5, 5.41) is 4.26. The van der Waals surface area contributed by atoms with Gasteiger partial charge in [-0.15, -0.1) is 0 Å². The molecule has 31 heavy (non-hydrogen) atoms. The highest BCUT2D eigenvalue weighted by Crippen LogP contribution is 2.47. The highest BCUT2D eigenvalue weighted by Gasteiger charge is 2.21. The van der Waals surface area contributed by atoms with Crippen LogP contribution in [0.4, 0.5) is 8.78 Å². The number of aromatic nitrogens is 2. The Morgan fingerprint density at radius 3 is 2.42 bits per heavy atom. The molecule has 0 saturated heterocycles. The zero-order valence-electron chi connectivity index (χ0n) is 17.5. The van der Waals surface area contributed by atoms with Crippen molar-refractivity contribution in [1.29, 1.82) is 0 Å². The number of benzene rings is 1. The minimum absolute atomic E-state index is 0.0654. The second-order valence-corrected chi connectivity index (χ2v) is 8.19. The van der Waals surface area contributed by atoms with Crippen molar-refractivity contribution in [1.82, 2.24) is 9.78 Å². The molecule has 1 heterocycles. The maximum absolute atomic E-state index is 12.7. The van der Waals surface area contributed by atoms with E-state index in [1.165, 1.54) is 36.1 Å². The third-order valence-corrected chi connectivity index (χ3v) is 5.93. The lowest BCUT2D eigenvalue weighted by molar-refractivity contribution is -0.0511. The summed E-state index contributed by atoms with van der Waals surface area (Å²) >= 11 is 0. The Balaban J connectivity index is 2.21. The zero-order chi connectivity index (χ0) is 22.9. The molecule has 0 amide bonds. The van der Waals surface area contributed by atoms with Crippen LogP contribution in [0.2, 0.25) is 0 Å². The van der Waals surface area contributed by atoms with Crippen LogP contribution in [0.3, 0.4) is 0 Å². The number of rotatable bonds is 12. The third-order valence-electron chi connectivity index (χ3n) is 3.97. The molecule has 0 unspecified atom stereocenters. The lowest BCUT2D eigenvalue weighted by Crippen LogP contribution is -2.21. The van der Waals surface area contributed by atoms with Gasteiger partial charge in [0.1, 0.15) is 0 Å². The van der Waals surface area contributed by atoms with Gasteiger partial charge in [0.05, 0.1) is 38.7 Å². The van der Waals surface area contributed by atoms with Crippen molar-refractivity contribution in [3.05, 3.63) is 52.8 Å². The number of hydrogen-bond donors (Lipinski definition) is 0. The monoisotopic (exact) mass is 458 g/mol. The van der Waals surface area contributed by atoms with Crippen LogP contribution in [0.25, 0.3) is 11.3 Å². The average Bonchev–Trinajstić information content (AvgIpc) is 2.72. The van der Waals surface area contributed by atoms with E-state index in [2.05, 4.69) is 9.84 Å². The Hall–Kier alpha value is -2.55. The van der Waals surface area contributed by atoms with Crippen LogP contribution in [0.5, 0.6) is 11.5 Å². The fraction of sp³-hybridized carbons (Fsp3) is 0.400. The third kappa shape index (κ3) is 7.27. The SMILES string of the molecule is CCOP(=O)(C/C=C/Cn1nc(-c2ccc(OC)c(OC(F)F)c2)ccc1=O)OCC. The summed E-state index contributed by atoms with van der Waals surface area (Å²) in [4.78, 5) is 12.1. The van der Waals surface area contributed by atoms with E-state index >= 15 is 0 Å². The van der Waals surface area contributed by atoms with Gasteiger partial charge in [0, 0.05) is 11.6 Å². The Bertz CT molecular complexity index is 986. The van der Waals surface area contributed by atoms with Crippen LogP contribution < -0.4 is 15.0 Å². The van der Waals surface area contributed by atoms with Gasteiger partial charge in [0.2, 0.25) is 0 Å². The first-order valence-corrected chi connectivity index (χ1v) is 11.3.